The third-order valence-electron chi connectivity index (χ3n) is 2.75. The number of hydrogen-bond acceptors (Lipinski definition) is 4. The first-order chi connectivity index (χ1) is 9.56. The summed E-state index contributed by atoms with van der Waals surface area (Å²) in [5.41, 5.74) is 0.272. The molecule has 0 radical (unpaired) electrons. The Kier molecular flexibility index (Phi) is 5.09. The van der Waals surface area contributed by atoms with Crippen molar-refractivity contribution in [1.82, 2.24) is 15.5 Å². The Bertz CT molecular complexity index is 571. The van der Waals surface area contributed by atoms with Crippen molar-refractivity contribution < 1.29 is 8.81 Å². The van der Waals surface area contributed by atoms with Gasteiger partial charge in [0.05, 0.1) is 5.56 Å². The Labute approximate surface area is 122 Å². The molecule has 0 atom stereocenters. The van der Waals surface area contributed by atoms with Gasteiger partial charge >= 0.3 is 0 Å². The molecule has 0 saturated carbocycles. The van der Waals surface area contributed by atoms with Crippen LogP contribution in [0.15, 0.2) is 22.6 Å². The molecule has 2 aromatic rings. The van der Waals surface area contributed by atoms with Crippen LogP contribution in [0.1, 0.15) is 26.2 Å². The minimum Gasteiger partial charge on any atom is -0.421 e. The molecule has 0 spiro atoms. The van der Waals surface area contributed by atoms with Crippen LogP contribution in [0.4, 0.5) is 4.39 Å². The van der Waals surface area contributed by atoms with Gasteiger partial charge in [0.2, 0.25) is 5.89 Å². The molecule has 0 aliphatic carbocycles. The maximum atomic E-state index is 13.7. The molecule has 1 N–H and O–H groups in total. The normalized spacial score (nSPS) is 11.2. The molecular weight excluding hydrogens is 281 g/mol. The molecule has 4 nitrogen and oxygen atoms in total. The van der Waals surface area contributed by atoms with Gasteiger partial charge in [-0.15, -0.1) is 10.2 Å². The van der Waals surface area contributed by atoms with Crippen molar-refractivity contribution in [2.45, 2.75) is 32.7 Å². The maximum absolute atomic E-state index is 13.7. The van der Waals surface area contributed by atoms with Crippen molar-refractivity contribution in [3.63, 3.8) is 0 Å². The number of nitrogens with one attached hydrogen (secondary N) is 1. The van der Waals surface area contributed by atoms with Gasteiger partial charge in [0.1, 0.15) is 5.82 Å². The van der Waals surface area contributed by atoms with Crippen LogP contribution in [0.25, 0.3) is 11.5 Å². The maximum Gasteiger partial charge on any atom is 0.250 e. The zero-order valence-electron chi connectivity index (χ0n) is 11.5. The SMILES string of the molecule is CC(C)NCCCc1nnc(-c2ccc(Cl)cc2F)o1. The Morgan fingerprint density at radius 2 is 2.15 bits per heavy atom. The van der Waals surface area contributed by atoms with Crippen molar-refractivity contribution in [1.29, 1.82) is 0 Å². The Morgan fingerprint density at radius 1 is 1.35 bits per heavy atom. The fraction of sp³-hybridized carbons (Fsp3) is 0.429. The Hall–Kier alpha value is -1.46. The molecule has 108 valence electrons. The van der Waals surface area contributed by atoms with Gasteiger partial charge in [0, 0.05) is 17.5 Å². The van der Waals surface area contributed by atoms with Gasteiger partial charge in [-0.05, 0) is 31.2 Å². The molecule has 1 heterocycles. The molecular formula is C14H17ClFN3O. The molecule has 0 fully saturated rings. The van der Waals surface area contributed by atoms with E-state index in [0.717, 1.165) is 13.0 Å². The highest BCUT2D eigenvalue weighted by Gasteiger charge is 2.13. The van der Waals surface area contributed by atoms with E-state index in [1.165, 1.54) is 12.1 Å². The highest BCUT2D eigenvalue weighted by molar-refractivity contribution is 6.30. The topological polar surface area (TPSA) is 51.0 Å². The first-order valence-corrected chi connectivity index (χ1v) is 6.95. The molecule has 0 saturated heterocycles. The zero-order valence-corrected chi connectivity index (χ0v) is 12.2. The van der Waals surface area contributed by atoms with E-state index in [2.05, 4.69) is 29.4 Å². The second-order valence-corrected chi connectivity index (χ2v) is 5.27. The Morgan fingerprint density at radius 3 is 2.85 bits per heavy atom. The number of aryl methyl sites for hydroxylation is 1. The van der Waals surface area contributed by atoms with Crippen molar-refractivity contribution in [3.05, 3.63) is 34.9 Å². The molecule has 0 bridgehead atoms. The summed E-state index contributed by atoms with van der Waals surface area (Å²) in [5.74, 6) is 0.236. The third kappa shape index (κ3) is 4.02. The molecule has 0 aliphatic heterocycles. The lowest BCUT2D eigenvalue weighted by Crippen LogP contribution is -2.23. The molecule has 20 heavy (non-hydrogen) atoms. The fourth-order valence-electron chi connectivity index (χ4n) is 1.76. The summed E-state index contributed by atoms with van der Waals surface area (Å²) in [7, 11) is 0. The first-order valence-electron chi connectivity index (χ1n) is 6.57. The van der Waals surface area contributed by atoms with E-state index in [1.807, 2.05) is 0 Å². The van der Waals surface area contributed by atoms with Crippen LogP contribution >= 0.6 is 11.6 Å². The van der Waals surface area contributed by atoms with Crippen LogP contribution in [0.3, 0.4) is 0 Å². The van der Waals surface area contributed by atoms with Gasteiger partial charge in [0.15, 0.2) is 0 Å². The summed E-state index contributed by atoms with van der Waals surface area (Å²) >= 11 is 5.71. The summed E-state index contributed by atoms with van der Waals surface area (Å²) in [6.07, 6.45) is 1.56. The number of aromatic nitrogens is 2. The summed E-state index contributed by atoms with van der Waals surface area (Å²) in [6, 6.07) is 4.82. The fourth-order valence-corrected chi connectivity index (χ4v) is 1.92. The van der Waals surface area contributed by atoms with E-state index in [4.69, 9.17) is 16.0 Å². The smallest absolute Gasteiger partial charge is 0.250 e. The van der Waals surface area contributed by atoms with E-state index < -0.39 is 5.82 Å². The zero-order chi connectivity index (χ0) is 14.5. The van der Waals surface area contributed by atoms with Crippen LogP contribution in [0.2, 0.25) is 5.02 Å². The molecule has 0 unspecified atom stereocenters. The van der Waals surface area contributed by atoms with Crippen LogP contribution in [-0.4, -0.2) is 22.8 Å². The summed E-state index contributed by atoms with van der Waals surface area (Å²) < 4.78 is 19.2. The van der Waals surface area contributed by atoms with Gasteiger partial charge in [-0.1, -0.05) is 25.4 Å². The molecule has 0 amide bonds. The van der Waals surface area contributed by atoms with Crippen LogP contribution < -0.4 is 5.32 Å². The van der Waals surface area contributed by atoms with Crippen molar-refractivity contribution in [2.24, 2.45) is 0 Å². The largest absolute Gasteiger partial charge is 0.421 e. The number of hydrogen-bond donors (Lipinski definition) is 1. The van der Waals surface area contributed by atoms with E-state index in [0.29, 0.717) is 23.4 Å². The predicted molar refractivity (Wildman–Crippen MR) is 76.2 cm³/mol. The number of rotatable bonds is 6. The highest BCUT2D eigenvalue weighted by Crippen LogP contribution is 2.24. The molecule has 0 aliphatic rings. The lowest BCUT2D eigenvalue weighted by atomic mass is 10.2. The monoisotopic (exact) mass is 297 g/mol. The van der Waals surface area contributed by atoms with Gasteiger partial charge in [0.25, 0.3) is 5.89 Å². The molecule has 6 heteroatoms. The van der Waals surface area contributed by atoms with E-state index in [-0.39, 0.29) is 11.5 Å². The minimum atomic E-state index is -0.464. The lowest BCUT2D eigenvalue weighted by molar-refractivity contribution is 0.481. The summed E-state index contributed by atoms with van der Waals surface area (Å²) in [6.45, 7) is 5.06. The van der Waals surface area contributed by atoms with E-state index in [1.54, 1.807) is 6.07 Å². The standard InChI is InChI=1S/C14H17ClFN3O/c1-9(2)17-7-3-4-13-18-19-14(20-13)11-6-5-10(15)8-12(11)16/h5-6,8-9,17H,3-4,7H2,1-2H3. The van der Waals surface area contributed by atoms with Gasteiger partial charge < -0.3 is 9.73 Å². The summed E-state index contributed by atoms with van der Waals surface area (Å²) in [4.78, 5) is 0. The second-order valence-electron chi connectivity index (χ2n) is 4.84. The molecule has 1 aromatic heterocycles. The molecule has 1 aromatic carbocycles. The third-order valence-corrected chi connectivity index (χ3v) is 2.98. The Balaban J connectivity index is 1.98. The van der Waals surface area contributed by atoms with Crippen molar-refractivity contribution in [2.75, 3.05) is 6.54 Å². The van der Waals surface area contributed by atoms with Crippen molar-refractivity contribution in [3.8, 4) is 11.5 Å². The van der Waals surface area contributed by atoms with Crippen molar-refractivity contribution >= 4 is 11.6 Å². The number of benzene rings is 1. The highest BCUT2D eigenvalue weighted by atomic mass is 35.5. The van der Waals surface area contributed by atoms with E-state index >= 15 is 0 Å². The van der Waals surface area contributed by atoms with Crippen LogP contribution in [0.5, 0.6) is 0 Å². The van der Waals surface area contributed by atoms with Gasteiger partial charge in [-0.3, -0.25) is 0 Å². The minimum absolute atomic E-state index is 0.186. The number of nitrogens with zero attached hydrogens (tertiary/aromatic N) is 2. The summed E-state index contributed by atoms with van der Waals surface area (Å²) in [5, 5.41) is 11.4. The molecule has 2 rings (SSSR count). The average Bonchev–Trinajstić information content (AvgIpc) is 2.83. The number of halogens is 2. The quantitative estimate of drug-likeness (QED) is 0.830. The second kappa shape index (κ2) is 6.81. The van der Waals surface area contributed by atoms with Gasteiger partial charge in [-0.2, -0.15) is 0 Å². The average molecular weight is 298 g/mol. The van der Waals surface area contributed by atoms with Gasteiger partial charge in [-0.25, -0.2) is 4.39 Å². The van der Waals surface area contributed by atoms with Crippen LogP contribution in [-0.2, 0) is 6.42 Å². The lowest BCUT2D eigenvalue weighted by Gasteiger charge is -2.05. The predicted octanol–water partition coefficient (Wildman–Crippen LogP) is 3.46. The van der Waals surface area contributed by atoms with E-state index in [9.17, 15) is 4.39 Å². The van der Waals surface area contributed by atoms with Crippen LogP contribution in [0, 0.1) is 5.82 Å². The first kappa shape index (κ1) is 14.9.